The lowest BCUT2D eigenvalue weighted by molar-refractivity contribution is -0.384. The Bertz CT molecular complexity index is 644. The van der Waals surface area contributed by atoms with E-state index in [2.05, 4.69) is 5.32 Å². The molecule has 1 aliphatic heterocycles. The van der Waals surface area contributed by atoms with Crippen LogP contribution in [0.4, 0.5) is 11.4 Å². The highest BCUT2D eigenvalue weighted by atomic mass is 16.6. The SMILES string of the molecule is CC(C)C(C)NC(=O)CN1C(=O)COc2ccc([N+](=O)[O-])cc21. The fraction of sp³-hybridized carbons (Fsp3) is 0.467. The molecule has 0 radical (unpaired) electrons. The predicted octanol–water partition coefficient (Wildman–Crippen LogP) is 1.48. The minimum Gasteiger partial charge on any atom is -0.482 e. The quantitative estimate of drug-likeness (QED) is 0.654. The second-order valence-corrected chi connectivity index (χ2v) is 5.78. The average Bonchev–Trinajstić information content (AvgIpc) is 2.49. The van der Waals surface area contributed by atoms with Crippen LogP contribution in [0.15, 0.2) is 18.2 Å². The molecule has 0 spiro atoms. The summed E-state index contributed by atoms with van der Waals surface area (Å²) in [5.41, 5.74) is 0.0748. The van der Waals surface area contributed by atoms with Gasteiger partial charge in [0.05, 0.1) is 10.6 Å². The topological polar surface area (TPSA) is 102 Å². The molecule has 1 aromatic rings. The molecule has 2 rings (SSSR count). The number of carbonyl (C=O) groups excluding carboxylic acids is 2. The zero-order valence-corrected chi connectivity index (χ0v) is 13.2. The van der Waals surface area contributed by atoms with Crippen LogP contribution in [0.2, 0.25) is 0 Å². The maximum atomic E-state index is 12.1. The zero-order chi connectivity index (χ0) is 17.1. The van der Waals surface area contributed by atoms with Crippen LogP contribution in [0.5, 0.6) is 5.75 Å². The number of non-ortho nitro benzene ring substituents is 1. The standard InChI is InChI=1S/C15H19N3O5/c1-9(2)10(3)16-14(19)7-17-12-6-11(18(21)22)4-5-13(12)23-8-15(17)20/h4-6,9-10H,7-8H2,1-3H3,(H,16,19). The van der Waals surface area contributed by atoms with Gasteiger partial charge in [-0.15, -0.1) is 0 Å². The van der Waals surface area contributed by atoms with E-state index in [1.54, 1.807) is 0 Å². The first kappa shape index (κ1) is 16.7. The third kappa shape index (κ3) is 3.77. The fourth-order valence-corrected chi connectivity index (χ4v) is 2.09. The monoisotopic (exact) mass is 321 g/mol. The van der Waals surface area contributed by atoms with Gasteiger partial charge in [-0.1, -0.05) is 13.8 Å². The van der Waals surface area contributed by atoms with Gasteiger partial charge >= 0.3 is 0 Å². The largest absolute Gasteiger partial charge is 0.482 e. The van der Waals surface area contributed by atoms with E-state index >= 15 is 0 Å². The van der Waals surface area contributed by atoms with E-state index in [0.717, 1.165) is 0 Å². The van der Waals surface area contributed by atoms with Crippen molar-refractivity contribution in [3.63, 3.8) is 0 Å². The Balaban J connectivity index is 2.22. The van der Waals surface area contributed by atoms with Gasteiger partial charge in [0, 0.05) is 18.2 Å². The van der Waals surface area contributed by atoms with Gasteiger partial charge < -0.3 is 10.1 Å². The molecule has 0 fully saturated rings. The van der Waals surface area contributed by atoms with Crippen LogP contribution >= 0.6 is 0 Å². The van der Waals surface area contributed by atoms with Gasteiger partial charge in [-0.3, -0.25) is 24.6 Å². The van der Waals surface area contributed by atoms with Crippen molar-refractivity contribution in [1.82, 2.24) is 5.32 Å². The second kappa shape index (κ2) is 6.64. The van der Waals surface area contributed by atoms with Gasteiger partial charge in [-0.05, 0) is 18.9 Å². The highest BCUT2D eigenvalue weighted by Gasteiger charge is 2.29. The Hall–Kier alpha value is -2.64. The third-order valence-corrected chi connectivity index (χ3v) is 3.79. The Morgan fingerprint density at radius 2 is 2.13 bits per heavy atom. The van der Waals surface area contributed by atoms with E-state index < -0.39 is 10.8 Å². The summed E-state index contributed by atoms with van der Waals surface area (Å²) in [5, 5.41) is 13.7. The van der Waals surface area contributed by atoms with E-state index in [4.69, 9.17) is 4.74 Å². The summed E-state index contributed by atoms with van der Waals surface area (Å²) in [7, 11) is 0. The molecule has 8 nitrogen and oxygen atoms in total. The van der Waals surface area contributed by atoms with Crippen molar-refractivity contribution in [3.05, 3.63) is 28.3 Å². The number of anilines is 1. The summed E-state index contributed by atoms with van der Waals surface area (Å²) in [6.45, 7) is 5.43. The van der Waals surface area contributed by atoms with Gasteiger partial charge in [-0.25, -0.2) is 0 Å². The normalized spacial score (nSPS) is 15.0. The van der Waals surface area contributed by atoms with Crippen molar-refractivity contribution in [2.24, 2.45) is 5.92 Å². The van der Waals surface area contributed by atoms with Crippen molar-refractivity contribution in [1.29, 1.82) is 0 Å². The minimum atomic E-state index is -0.557. The van der Waals surface area contributed by atoms with E-state index in [9.17, 15) is 19.7 Å². The van der Waals surface area contributed by atoms with Crippen LogP contribution in [0.25, 0.3) is 0 Å². The lowest BCUT2D eigenvalue weighted by Gasteiger charge is -2.29. The summed E-state index contributed by atoms with van der Waals surface area (Å²) in [5.74, 6) is -0.128. The molecule has 124 valence electrons. The molecule has 1 aromatic carbocycles. The Morgan fingerprint density at radius 3 is 2.74 bits per heavy atom. The summed E-state index contributed by atoms with van der Waals surface area (Å²) < 4.78 is 5.26. The number of benzene rings is 1. The summed E-state index contributed by atoms with van der Waals surface area (Å²) in [4.78, 5) is 35.7. The van der Waals surface area contributed by atoms with Crippen LogP contribution in [0.1, 0.15) is 20.8 Å². The van der Waals surface area contributed by atoms with Gasteiger partial charge in [-0.2, -0.15) is 0 Å². The summed E-state index contributed by atoms with van der Waals surface area (Å²) in [6, 6.07) is 3.93. The number of carbonyl (C=O) groups is 2. The van der Waals surface area contributed by atoms with Crippen molar-refractivity contribution >= 4 is 23.2 Å². The van der Waals surface area contributed by atoms with Gasteiger partial charge in [0.1, 0.15) is 12.3 Å². The molecular weight excluding hydrogens is 302 g/mol. The number of nitrogens with one attached hydrogen (secondary N) is 1. The fourth-order valence-electron chi connectivity index (χ4n) is 2.09. The van der Waals surface area contributed by atoms with E-state index in [0.29, 0.717) is 5.75 Å². The number of hydrogen-bond acceptors (Lipinski definition) is 5. The van der Waals surface area contributed by atoms with Crippen LogP contribution in [-0.4, -0.2) is 35.9 Å². The first-order valence-corrected chi connectivity index (χ1v) is 7.30. The average molecular weight is 321 g/mol. The molecule has 2 amide bonds. The second-order valence-electron chi connectivity index (χ2n) is 5.78. The molecule has 23 heavy (non-hydrogen) atoms. The van der Waals surface area contributed by atoms with Crippen LogP contribution in [0.3, 0.4) is 0 Å². The molecule has 1 atom stereocenters. The molecule has 0 aliphatic carbocycles. The van der Waals surface area contributed by atoms with Crippen LogP contribution in [-0.2, 0) is 9.59 Å². The Labute approximate surface area is 133 Å². The van der Waals surface area contributed by atoms with Crippen molar-refractivity contribution in [2.45, 2.75) is 26.8 Å². The van der Waals surface area contributed by atoms with E-state index in [-0.39, 0.29) is 42.4 Å². The van der Waals surface area contributed by atoms with Gasteiger partial charge in [0.15, 0.2) is 6.61 Å². The Kier molecular flexibility index (Phi) is 4.83. The van der Waals surface area contributed by atoms with Gasteiger partial charge in [0.2, 0.25) is 5.91 Å². The van der Waals surface area contributed by atoms with Crippen molar-refractivity contribution in [3.8, 4) is 5.75 Å². The number of hydrogen-bond donors (Lipinski definition) is 1. The van der Waals surface area contributed by atoms with Crippen LogP contribution < -0.4 is 15.0 Å². The van der Waals surface area contributed by atoms with E-state index in [1.165, 1.54) is 23.1 Å². The molecule has 0 bridgehead atoms. The number of ether oxygens (including phenoxy) is 1. The molecule has 1 N–H and O–H groups in total. The number of rotatable bonds is 5. The molecule has 1 unspecified atom stereocenters. The molecule has 1 heterocycles. The predicted molar refractivity (Wildman–Crippen MR) is 83.4 cm³/mol. The highest BCUT2D eigenvalue weighted by molar-refractivity contribution is 6.02. The lowest BCUT2D eigenvalue weighted by Crippen LogP contribution is -2.47. The summed E-state index contributed by atoms with van der Waals surface area (Å²) >= 11 is 0. The highest BCUT2D eigenvalue weighted by Crippen LogP contribution is 2.35. The lowest BCUT2D eigenvalue weighted by atomic mass is 10.1. The number of amides is 2. The molecule has 0 saturated heterocycles. The third-order valence-electron chi connectivity index (χ3n) is 3.79. The number of nitrogens with zero attached hydrogens (tertiary/aromatic N) is 2. The maximum Gasteiger partial charge on any atom is 0.271 e. The molecule has 0 aromatic heterocycles. The number of fused-ring (bicyclic) bond motifs is 1. The summed E-state index contributed by atoms with van der Waals surface area (Å²) in [6.07, 6.45) is 0. The minimum absolute atomic E-state index is 0.0387. The smallest absolute Gasteiger partial charge is 0.271 e. The first-order chi connectivity index (χ1) is 10.8. The molecule has 1 aliphatic rings. The van der Waals surface area contributed by atoms with Crippen molar-refractivity contribution < 1.29 is 19.2 Å². The van der Waals surface area contributed by atoms with E-state index in [1.807, 2.05) is 20.8 Å². The van der Waals surface area contributed by atoms with Crippen molar-refractivity contribution in [2.75, 3.05) is 18.1 Å². The molecule has 0 saturated carbocycles. The first-order valence-electron chi connectivity index (χ1n) is 7.30. The Morgan fingerprint density at radius 1 is 1.43 bits per heavy atom. The number of nitro groups is 1. The maximum absolute atomic E-state index is 12.1. The molecular formula is C15H19N3O5. The zero-order valence-electron chi connectivity index (χ0n) is 13.2. The van der Waals surface area contributed by atoms with Crippen LogP contribution in [0, 0.1) is 16.0 Å². The number of nitro benzene ring substituents is 1. The molecule has 8 heteroatoms. The van der Waals surface area contributed by atoms with Gasteiger partial charge in [0.25, 0.3) is 11.6 Å².